The van der Waals surface area contributed by atoms with Crippen molar-refractivity contribution < 1.29 is 14.4 Å². The minimum atomic E-state index is -0.243. The van der Waals surface area contributed by atoms with E-state index in [0.717, 1.165) is 17.7 Å². The van der Waals surface area contributed by atoms with Gasteiger partial charge in [0, 0.05) is 29.0 Å². The van der Waals surface area contributed by atoms with Crippen molar-refractivity contribution in [3.63, 3.8) is 0 Å². The number of carbonyl (C=O) groups excluding carboxylic acids is 3. The molecule has 0 unspecified atom stereocenters. The fraction of sp³-hybridized carbons (Fsp3) is 0.192. The highest BCUT2D eigenvalue weighted by molar-refractivity contribution is 6.04. The molecule has 32 heavy (non-hydrogen) atoms. The van der Waals surface area contributed by atoms with Crippen LogP contribution in [0.4, 0.5) is 11.4 Å². The highest BCUT2D eigenvalue weighted by atomic mass is 16.2. The van der Waals surface area contributed by atoms with Crippen molar-refractivity contribution >= 4 is 29.1 Å². The maximum atomic E-state index is 13.0. The molecule has 0 spiro atoms. The molecule has 0 aliphatic carbocycles. The molecule has 3 aromatic carbocycles. The predicted octanol–water partition coefficient (Wildman–Crippen LogP) is 4.74. The molecule has 0 bridgehead atoms. The van der Waals surface area contributed by atoms with Crippen LogP contribution < -0.4 is 10.6 Å². The van der Waals surface area contributed by atoms with Gasteiger partial charge in [-0.05, 0) is 61.4 Å². The van der Waals surface area contributed by atoms with Gasteiger partial charge in [-0.25, -0.2) is 0 Å². The van der Waals surface area contributed by atoms with Crippen LogP contribution in [0.25, 0.3) is 0 Å². The van der Waals surface area contributed by atoms with E-state index in [4.69, 9.17) is 0 Å². The van der Waals surface area contributed by atoms with Crippen molar-refractivity contribution in [2.75, 3.05) is 23.7 Å². The van der Waals surface area contributed by atoms with Crippen molar-refractivity contribution in [2.45, 2.75) is 20.3 Å². The topological polar surface area (TPSA) is 78.5 Å². The molecule has 0 saturated heterocycles. The van der Waals surface area contributed by atoms with Gasteiger partial charge < -0.3 is 15.5 Å². The summed E-state index contributed by atoms with van der Waals surface area (Å²) in [6, 6.07) is 23.1. The second-order valence-electron chi connectivity index (χ2n) is 7.49. The summed E-state index contributed by atoms with van der Waals surface area (Å²) in [6.07, 6.45) is 0.731. The first-order valence-electron chi connectivity index (χ1n) is 10.6. The molecule has 3 rings (SSSR count). The minimum absolute atomic E-state index is 0.0342. The Morgan fingerprint density at radius 3 is 2.09 bits per heavy atom. The van der Waals surface area contributed by atoms with Crippen LogP contribution in [0.15, 0.2) is 78.9 Å². The molecule has 3 amide bonds. The van der Waals surface area contributed by atoms with E-state index >= 15 is 0 Å². The SMILES string of the molecule is CCCN(CC(=O)Nc1ccccc1C)C(=O)c1ccc(NC(=O)c2ccccc2)cc1. The monoisotopic (exact) mass is 429 g/mol. The number of hydrogen-bond donors (Lipinski definition) is 2. The maximum Gasteiger partial charge on any atom is 0.255 e. The van der Waals surface area contributed by atoms with E-state index in [1.807, 2.05) is 44.2 Å². The molecule has 6 heteroatoms. The smallest absolute Gasteiger partial charge is 0.255 e. The van der Waals surface area contributed by atoms with Crippen LogP contribution in [0.3, 0.4) is 0 Å². The number of hydrogen-bond acceptors (Lipinski definition) is 3. The molecule has 164 valence electrons. The Morgan fingerprint density at radius 1 is 0.781 bits per heavy atom. The van der Waals surface area contributed by atoms with Crippen LogP contribution in [0, 0.1) is 6.92 Å². The van der Waals surface area contributed by atoms with Crippen LogP contribution in [-0.4, -0.2) is 35.7 Å². The summed E-state index contributed by atoms with van der Waals surface area (Å²) < 4.78 is 0. The molecule has 0 aliphatic heterocycles. The fourth-order valence-corrected chi connectivity index (χ4v) is 3.27. The van der Waals surface area contributed by atoms with Crippen molar-refractivity contribution in [1.29, 1.82) is 0 Å². The number of nitrogens with zero attached hydrogens (tertiary/aromatic N) is 1. The molecule has 0 heterocycles. The van der Waals surface area contributed by atoms with Crippen molar-refractivity contribution in [3.8, 4) is 0 Å². The molecule has 0 fully saturated rings. The molecular formula is C26H27N3O3. The number of amides is 3. The van der Waals surface area contributed by atoms with Crippen LogP contribution in [-0.2, 0) is 4.79 Å². The standard InChI is InChI=1S/C26H27N3O3/c1-3-17-29(18-24(30)28-23-12-8-7-9-19(23)2)26(32)21-13-15-22(16-14-21)27-25(31)20-10-5-4-6-11-20/h4-16H,3,17-18H2,1-2H3,(H,27,31)(H,28,30). The molecule has 6 nitrogen and oxygen atoms in total. The molecule has 0 radical (unpaired) electrons. The van der Waals surface area contributed by atoms with Gasteiger partial charge in [0.1, 0.15) is 6.54 Å². The molecule has 3 aromatic rings. The first kappa shape index (κ1) is 22.7. The summed E-state index contributed by atoms with van der Waals surface area (Å²) in [7, 11) is 0. The molecule has 2 N–H and O–H groups in total. The third-order valence-corrected chi connectivity index (χ3v) is 4.96. The van der Waals surface area contributed by atoms with Crippen LogP contribution >= 0.6 is 0 Å². The predicted molar refractivity (Wildman–Crippen MR) is 127 cm³/mol. The van der Waals surface area contributed by atoms with Gasteiger partial charge in [-0.2, -0.15) is 0 Å². The summed E-state index contributed by atoms with van der Waals surface area (Å²) in [5.41, 5.74) is 3.30. The van der Waals surface area contributed by atoms with Gasteiger partial charge in [0.15, 0.2) is 0 Å². The molecule has 0 aromatic heterocycles. The summed E-state index contributed by atoms with van der Waals surface area (Å²) in [5.74, 6) is -0.689. The van der Waals surface area contributed by atoms with Gasteiger partial charge in [0.05, 0.1) is 0 Å². The van der Waals surface area contributed by atoms with E-state index in [2.05, 4.69) is 10.6 Å². The van der Waals surface area contributed by atoms with Gasteiger partial charge in [0.25, 0.3) is 11.8 Å². The highest BCUT2D eigenvalue weighted by Gasteiger charge is 2.19. The lowest BCUT2D eigenvalue weighted by Gasteiger charge is -2.22. The Bertz CT molecular complexity index is 1080. The lowest BCUT2D eigenvalue weighted by atomic mass is 10.1. The van der Waals surface area contributed by atoms with E-state index in [1.54, 1.807) is 48.5 Å². The van der Waals surface area contributed by atoms with Crippen molar-refractivity contribution in [2.24, 2.45) is 0 Å². The number of para-hydroxylation sites is 1. The van der Waals surface area contributed by atoms with Gasteiger partial charge in [-0.3, -0.25) is 14.4 Å². The van der Waals surface area contributed by atoms with E-state index in [9.17, 15) is 14.4 Å². The van der Waals surface area contributed by atoms with Gasteiger partial charge in [-0.15, -0.1) is 0 Å². The van der Waals surface area contributed by atoms with E-state index in [-0.39, 0.29) is 24.3 Å². The lowest BCUT2D eigenvalue weighted by molar-refractivity contribution is -0.116. The maximum absolute atomic E-state index is 13.0. The second-order valence-corrected chi connectivity index (χ2v) is 7.49. The van der Waals surface area contributed by atoms with Crippen molar-refractivity contribution in [3.05, 3.63) is 95.6 Å². The Morgan fingerprint density at radius 2 is 1.44 bits per heavy atom. The van der Waals surface area contributed by atoms with Gasteiger partial charge in [0.2, 0.25) is 5.91 Å². The number of anilines is 2. The minimum Gasteiger partial charge on any atom is -0.329 e. The van der Waals surface area contributed by atoms with Crippen LogP contribution in [0.2, 0.25) is 0 Å². The largest absolute Gasteiger partial charge is 0.329 e. The van der Waals surface area contributed by atoms with Gasteiger partial charge >= 0.3 is 0 Å². The summed E-state index contributed by atoms with van der Waals surface area (Å²) >= 11 is 0. The number of carbonyl (C=O) groups is 3. The molecular weight excluding hydrogens is 402 g/mol. The Balaban J connectivity index is 1.64. The number of rotatable bonds is 8. The van der Waals surface area contributed by atoms with E-state index < -0.39 is 0 Å². The summed E-state index contributed by atoms with van der Waals surface area (Å²) in [4.78, 5) is 39.4. The third kappa shape index (κ3) is 6.04. The Hall–Kier alpha value is -3.93. The first-order chi connectivity index (χ1) is 15.5. The lowest BCUT2D eigenvalue weighted by Crippen LogP contribution is -2.38. The molecule has 0 aliphatic rings. The van der Waals surface area contributed by atoms with E-state index in [1.165, 1.54) is 4.90 Å². The Kier molecular flexibility index (Phi) is 7.75. The summed E-state index contributed by atoms with van der Waals surface area (Å²) in [6.45, 7) is 4.31. The van der Waals surface area contributed by atoms with Crippen LogP contribution in [0.5, 0.6) is 0 Å². The third-order valence-electron chi connectivity index (χ3n) is 4.96. The number of nitrogens with one attached hydrogen (secondary N) is 2. The zero-order valence-corrected chi connectivity index (χ0v) is 18.3. The zero-order chi connectivity index (χ0) is 22.9. The molecule has 0 atom stereocenters. The average molecular weight is 430 g/mol. The number of aryl methyl sites for hydroxylation is 1. The normalized spacial score (nSPS) is 10.3. The van der Waals surface area contributed by atoms with Crippen molar-refractivity contribution in [1.82, 2.24) is 4.90 Å². The highest BCUT2D eigenvalue weighted by Crippen LogP contribution is 2.15. The molecule has 0 saturated carbocycles. The zero-order valence-electron chi connectivity index (χ0n) is 18.3. The van der Waals surface area contributed by atoms with E-state index in [0.29, 0.717) is 23.4 Å². The second kappa shape index (κ2) is 10.9. The fourth-order valence-electron chi connectivity index (χ4n) is 3.27. The summed E-state index contributed by atoms with van der Waals surface area (Å²) in [5, 5.41) is 5.69. The average Bonchev–Trinajstić information content (AvgIpc) is 2.81. The van der Waals surface area contributed by atoms with Gasteiger partial charge in [-0.1, -0.05) is 43.3 Å². The van der Waals surface area contributed by atoms with Crippen LogP contribution in [0.1, 0.15) is 39.6 Å². The quantitative estimate of drug-likeness (QED) is 0.543. The Labute approximate surface area is 188 Å². The first-order valence-corrected chi connectivity index (χ1v) is 10.6. The number of benzene rings is 3.